The van der Waals surface area contributed by atoms with E-state index in [1.807, 2.05) is 36.4 Å². The smallest absolute Gasteiger partial charge is 0.256 e. The second-order valence-corrected chi connectivity index (χ2v) is 4.82. The topological polar surface area (TPSA) is 66.6 Å². The zero-order valence-corrected chi connectivity index (χ0v) is 11.6. The van der Waals surface area contributed by atoms with Gasteiger partial charge in [0.05, 0.1) is 12.2 Å². The van der Waals surface area contributed by atoms with E-state index in [0.29, 0.717) is 11.3 Å². The third-order valence-electron chi connectivity index (χ3n) is 3.16. The number of carbonyl (C=O) groups excluding carboxylic acids is 1. The van der Waals surface area contributed by atoms with Crippen LogP contribution in [0.1, 0.15) is 15.9 Å². The highest BCUT2D eigenvalue weighted by Crippen LogP contribution is 2.29. The molecule has 4 heteroatoms. The maximum absolute atomic E-state index is 12.3. The van der Waals surface area contributed by atoms with Gasteiger partial charge in [0, 0.05) is 19.8 Å². The van der Waals surface area contributed by atoms with Gasteiger partial charge in [-0.3, -0.25) is 4.79 Å². The van der Waals surface area contributed by atoms with Gasteiger partial charge in [0.1, 0.15) is 0 Å². The van der Waals surface area contributed by atoms with Gasteiger partial charge in [-0.1, -0.05) is 36.4 Å². The lowest BCUT2D eigenvalue weighted by atomic mass is 9.96. The monoisotopic (exact) mass is 270 g/mol. The SMILES string of the molecule is CN(C)C(=O)c1c(N)cccc1-c1ccc(CO)cc1. The van der Waals surface area contributed by atoms with Crippen molar-refractivity contribution < 1.29 is 9.90 Å². The van der Waals surface area contributed by atoms with Gasteiger partial charge in [-0.2, -0.15) is 0 Å². The van der Waals surface area contributed by atoms with Crippen molar-refractivity contribution >= 4 is 11.6 Å². The summed E-state index contributed by atoms with van der Waals surface area (Å²) in [5.74, 6) is -0.121. The highest BCUT2D eigenvalue weighted by Gasteiger charge is 2.17. The fourth-order valence-corrected chi connectivity index (χ4v) is 2.06. The normalized spacial score (nSPS) is 10.3. The Morgan fingerprint density at radius 3 is 2.35 bits per heavy atom. The number of aliphatic hydroxyl groups excluding tert-OH is 1. The number of hydrogen-bond acceptors (Lipinski definition) is 3. The van der Waals surface area contributed by atoms with E-state index in [1.165, 1.54) is 4.90 Å². The van der Waals surface area contributed by atoms with Crippen LogP contribution in [0.3, 0.4) is 0 Å². The lowest BCUT2D eigenvalue weighted by Gasteiger charge is -2.16. The van der Waals surface area contributed by atoms with Crippen LogP contribution in [0.5, 0.6) is 0 Å². The maximum Gasteiger partial charge on any atom is 0.256 e. The average molecular weight is 270 g/mol. The number of carbonyl (C=O) groups is 1. The Bertz CT molecular complexity index is 619. The zero-order valence-electron chi connectivity index (χ0n) is 11.6. The van der Waals surface area contributed by atoms with Crippen LogP contribution >= 0.6 is 0 Å². The summed E-state index contributed by atoms with van der Waals surface area (Å²) in [6, 6.07) is 12.9. The second-order valence-electron chi connectivity index (χ2n) is 4.82. The van der Waals surface area contributed by atoms with Gasteiger partial charge < -0.3 is 15.7 Å². The van der Waals surface area contributed by atoms with Crippen LogP contribution < -0.4 is 5.73 Å². The number of benzene rings is 2. The first kappa shape index (κ1) is 14.1. The molecule has 0 spiro atoms. The van der Waals surface area contributed by atoms with Gasteiger partial charge in [-0.15, -0.1) is 0 Å². The Kier molecular flexibility index (Phi) is 4.05. The first-order valence-electron chi connectivity index (χ1n) is 6.35. The molecule has 0 fully saturated rings. The van der Waals surface area contributed by atoms with Crippen LogP contribution in [-0.4, -0.2) is 30.0 Å². The molecule has 0 aliphatic carbocycles. The molecule has 0 atom stereocenters. The van der Waals surface area contributed by atoms with Crippen LogP contribution in [0, 0.1) is 0 Å². The molecule has 2 aromatic carbocycles. The molecular formula is C16H18N2O2. The third-order valence-corrected chi connectivity index (χ3v) is 3.16. The molecule has 0 bridgehead atoms. The lowest BCUT2D eigenvalue weighted by Crippen LogP contribution is -2.23. The van der Waals surface area contributed by atoms with Crippen LogP contribution in [-0.2, 0) is 6.61 Å². The Morgan fingerprint density at radius 1 is 1.15 bits per heavy atom. The first-order valence-corrected chi connectivity index (χ1v) is 6.35. The summed E-state index contributed by atoms with van der Waals surface area (Å²) >= 11 is 0. The van der Waals surface area contributed by atoms with E-state index in [-0.39, 0.29) is 12.5 Å². The molecule has 0 aliphatic rings. The van der Waals surface area contributed by atoms with Gasteiger partial charge in [0.2, 0.25) is 0 Å². The van der Waals surface area contributed by atoms with Gasteiger partial charge in [-0.05, 0) is 22.8 Å². The summed E-state index contributed by atoms with van der Waals surface area (Å²) in [5.41, 5.74) is 9.47. The average Bonchev–Trinajstić information content (AvgIpc) is 2.46. The van der Waals surface area contributed by atoms with Crippen molar-refractivity contribution in [2.24, 2.45) is 0 Å². The van der Waals surface area contributed by atoms with Gasteiger partial charge in [0.25, 0.3) is 5.91 Å². The molecule has 4 nitrogen and oxygen atoms in total. The number of hydrogen-bond donors (Lipinski definition) is 2. The molecule has 2 rings (SSSR count). The van der Waals surface area contributed by atoms with Crippen molar-refractivity contribution in [2.75, 3.05) is 19.8 Å². The number of anilines is 1. The van der Waals surface area contributed by atoms with E-state index in [9.17, 15) is 4.79 Å². The predicted molar refractivity (Wildman–Crippen MR) is 80.2 cm³/mol. The van der Waals surface area contributed by atoms with Crippen LogP contribution in [0.15, 0.2) is 42.5 Å². The standard InChI is InChI=1S/C16H18N2O2/c1-18(2)16(20)15-13(4-3-5-14(15)17)12-8-6-11(10-19)7-9-12/h3-9,19H,10,17H2,1-2H3. The van der Waals surface area contributed by atoms with Crippen LogP contribution in [0.4, 0.5) is 5.69 Å². The summed E-state index contributed by atoms with van der Waals surface area (Å²) < 4.78 is 0. The summed E-state index contributed by atoms with van der Waals surface area (Å²) in [4.78, 5) is 13.8. The first-order chi connectivity index (χ1) is 9.54. The molecule has 0 aliphatic heterocycles. The quantitative estimate of drug-likeness (QED) is 0.840. The molecule has 0 aromatic heterocycles. The molecule has 1 amide bonds. The number of aliphatic hydroxyl groups is 1. The number of nitrogen functional groups attached to an aromatic ring is 1. The molecule has 0 saturated carbocycles. The van der Waals surface area contributed by atoms with Gasteiger partial charge >= 0.3 is 0 Å². The van der Waals surface area contributed by atoms with Crippen LogP contribution in [0.2, 0.25) is 0 Å². The molecule has 0 saturated heterocycles. The number of amides is 1. The van der Waals surface area contributed by atoms with Crippen molar-refractivity contribution in [3.8, 4) is 11.1 Å². The Balaban J connectivity index is 2.55. The number of rotatable bonds is 3. The second kappa shape index (κ2) is 5.75. The number of nitrogens with two attached hydrogens (primary N) is 1. The largest absolute Gasteiger partial charge is 0.398 e. The minimum Gasteiger partial charge on any atom is -0.398 e. The van der Waals surface area contributed by atoms with E-state index in [4.69, 9.17) is 10.8 Å². The van der Waals surface area contributed by atoms with Crippen molar-refractivity contribution in [1.29, 1.82) is 0 Å². The van der Waals surface area contributed by atoms with E-state index < -0.39 is 0 Å². The highest BCUT2D eigenvalue weighted by atomic mass is 16.3. The minimum absolute atomic E-state index is 0.000689. The van der Waals surface area contributed by atoms with Crippen molar-refractivity contribution in [3.05, 3.63) is 53.6 Å². The molecule has 0 heterocycles. The van der Waals surface area contributed by atoms with Gasteiger partial charge in [0.15, 0.2) is 0 Å². The number of nitrogens with zero attached hydrogens (tertiary/aromatic N) is 1. The summed E-state index contributed by atoms with van der Waals surface area (Å²) in [6.45, 7) is 0.000689. The fourth-order valence-electron chi connectivity index (χ4n) is 2.06. The fraction of sp³-hybridized carbons (Fsp3) is 0.188. The van der Waals surface area contributed by atoms with E-state index in [1.54, 1.807) is 20.2 Å². The van der Waals surface area contributed by atoms with E-state index >= 15 is 0 Å². The molecular weight excluding hydrogens is 252 g/mol. The summed E-state index contributed by atoms with van der Waals surface area (Å²) in [6.07, 6.45) is 0. The Hall–Kier alpha value is -2.33. The van der Waals surface area contributed by atoms with Crippen LogP contribution in [0.25, 0.3) is 11.1 Å². The molecule has 2 aromatic rings. The van der Waals surface area contributed by atoms with Crippen molar-refractivity contribution in [3.63, 3.8) is 0 Å². The van der Waals surface area contributed by atoms with Crippen molar-refractivity contribution in [1.82, 2.24) is 4.90 Å². The van der Waals surface area contributed by atoms with Crippen molar-refractivity contribution in [2.45, 2.75) is 6.61 Å². The van der Waals surface area contributed by atoms with E-state index in [2.05, 4.69) is 0 Å². The third kappa shape index (κ3) is 2.65. The summed E-state index contributed by atoms with van der Waals surface area (Å²) in [5, 5.41) is 9.08. The Morgan fingerprint density at radius 2 is 1.80 bits per heavy atom. The Labute approximate surface area is 118 Å². The lowest BCUT2D eigenvalue weighted by molar-refractivity contribution is 0.0829. The summed E-state index contributed by atoms with van der Waals surface area (Å²) in [7, 11) is 3.40. The molecule has 0 unspecified atom stereocenters. The minimum atomic E-state index is -0.121. The molecule has 0 radical (unpaired) electrons. The zero-order chi connectivity index (χ0) is 14.7. The predicted octanol–water partition coefficient (Wildman–Crippen LogP) is 2.13. The molecule has 104 valence electrons. The highest BCUT2D eigenvalue weighted by molar-refractivity contribution is 6.05. The molecule has 20 heavy (non-hydrogen) atoms. The molecule has 3 N–H and O–H groups in total. The van der Waals surface area contributed by atoms with E-state index in [0.717, 1.165) is 16.7 Å². The maximum atomic E-state index is 12.3. The van der Waals surface area contributed by atoms with Gasteiger partial charge in [-0.25, -0.2) is 0 Å².